The smallest absolute Gasteiger partial charge is 0.251 e. The predicted octanol–water partition coefficient (Wildman–Crippen LogP) is 3.28. The van der Waals surface area contributed by atoms with Crippen molar-refractivity contribution < 1.29 is 18.0 Å². The van der Waals surface area contributed by atoms with Crippen molar-refractivity contribution in [1.29, 1.82) is 0 Å². The molecule has 7 heteroatoms. The highest BCUT2D eigenvalue weighted by Gasteiger charge is 2.29. The molecule has 1 aliphatic rings. The van der Waals surface area contributed by atoms with E-state index in [1.54, 1.807) is 54.6 Å². The van der Waals surface area contributed by atoms with Crippen LogP contribution in [0.25, 0.3) is 0 Å². The molecule has 0 bridgehead atoms. The van der Waals surface area contributed by atoms with Gasteiger partial charge in [-0.3, -0.25) is 9.59 Å². The van der Waals surface area contributed by atoms with E-state index in [9.17, 15) is 18.0 Å². The minimum absolute atomic E-state index is 0.180. The van der Waals surface area contributed by atoms with Gasteiger partial charge in [0, 0.05) is 18.0 Å². The van der Waals surface area contributed by atoms with E-state index in [0.717, 1.165) is 18.4 Å². The molecule has 33 heavy (non-hydrogen) atoms. The van der Waals surface area contributed by atoms with E-state index < -0.39 is 21.8 Å². The van der Waals surface area contributed by atoms with Gasteiger partial charge in [0.15, 0.2) is 9.84 Å². The summed E-state index contributed by atoms with van der Waals surface area (Å²) in [4.78, 5) is 26.0. The van der Waals surface area contributed by atoms with Gasteiger partial charge in [0.2, 0.25) is 5.91 Å². The molecule has 1 saturated carbocycles. The maximum absolute atomic E-state index is 13.0. The second-order valence-corrected chi connectivity index (χ2v) is 10.3. The van der Waals surface area contributed by atoms with E-state index in [4.69, 9.17) is 0 Å². The van der Waals surface area contributed by atoms with Gasteiger partial charge in [0.25, 0.3) is 5.91 Å². The molecule has 170 valence electrons. The number of rotatable bonds is 9. The van der Waals surface area contributed by atoms with Crippen molar-refractivity contribution in [3.05, 3.63) is 102 Å². The van der Waals surface area contributed by atoms with Crippen LogP contribution in [0.2, 0.25) is 0 Å². The summed E-state index contributed by atoms with van der Waals surface area (Å²) in [5, 5.41) is 5.79. The van der Waals surface area contributed by atoms with Crippen LogP contribution in [0.15, 0.2) is 89.8 Å². The third-order valence-electron chi connectivity index (χ3n) is 5.48. The molecule has 0 aromatic heterocycles. The molecular weight excluding hydrogens is 436 g/mol. The molecule has 3 aromatic rings. The number of sulfone groups is 1. The van der Waals surface area contributed by atoms with Gasteiger partial charge in [-0.2, -0.15) is 0 Å². The maximum atomic E-state index is 13.0. The van der Waals surface area contributed by atoms with Crippen LogP contribution in [0.3, 0.4) is 0 Å². The lowest BCUT2D eigenvalue weighted by molar-refractivity contribution is -0.123. The lowest BCUT2D eigenvalue weighted by atomic mass is 10.0. The number of carbonyl (C=O) groups excluding carboxylic acids is 2. The highest BCUT2D eigenvalue weighted by molar-refractivity contribution is 7.90. The Labute approximate surface area is 194 Å². The summed E-state index contributed by atoms with van der Waals surface area (Å²) in [5.74, 6) is -0.841. The van der Waals surface area contributed by atoms with Crippen LogP contribution in [-0.4, -0.2) is 32.3 Å². The first-order valence-electron chi connectivity index (χ1n) is 10.9. The molecular formula is C26H26N2O4S. The molecule has 1 fully saturated rings. The van der Waals surface area contributed by atoms with Crippen LogP contribution < -0.4 is 10.6 Å². The quantitative estimate of drug-likeness (QED) is 0.511. The third kappa shape index (κ3) is 6.29. The van der Waals surface area contributed by atoms with Gasteiger partial charge in [0.05, 0.1) is 10.6 Å². The molecule has 1 aliphatic carbocycles. The zero-order valence-electron chi connectivity index (χ0n) is 18.1. The summed E-state index contributed by atoms with van der Waals surface area (Å²) in [6, 6.07) is 23.7. The van der Waals surface area contributed by atoms with E-state index in [1.165, 1.54) is 0 Å². The first kappa shape index (κ1) is 22.7. The van der Waals surface area contributed by atoms with Gasteiger partial charge in [-0.05, 0) is 48.2 Å². The van der Waals surface area contributed by atoms with Gasteiger partial charge in [0.1, 0.15) is 6.04 Å². The molecule has 0 radical (unpaired) electrons. The molecule has 2 amide bonds. The van der Waals surface area contributed by atoms with Crippen molar-refractivity contribution in [2.75, 3.05) is 0 Å². The molecule has 3 aromatic carbocycles. The van der Waals surface area contributed by atoms with E-state index >= 15 is 0 Å². The lowest BCUT2D eigenvalue weighted by Crippen LogP contribution is -2.48. The Hall–Kier alpha value is -3.45. The van der Waals surface area contributed by atoms with Gasteiger partial charge in [-0.1, -0.05) is 60.7 Å². The van der Waals surface area contributed by atoms with Crippen molar-refractivity contribution in [2.24, 2.45) is 0 Å². The molecule has 6 nitrogen and oxygen atoms in total. The summed E-state index contributed by atoms with van der Waals surface area (Å²) in [5.41, 5.74) is 1.76. The van der Waals surface area contributed by atoms with Crippen LogP contribution in [0.4, 0.5) is 0 Å². The molecule has 1 atom stereocenters. The number of hydrogen-bond donors (Lipinski definition) is 2. The molecule has 0 heterocycles. The van der Waals surface area contributed by atoms with E-state index in [1.807, 2.05) is 30.3 Å². The normalized spacial score (nSPS) is 14.3. The SMILES string of the molecule is O=C(NC(Cc1ccccc1)C(=O)NC1CC1)c1cccc(CS(=O)(=O)c2ccccc2)c1. The van der Waals surface area contributed by atoms with E-state index in [2.05, 4.69) is 10.6 Å². The molecule has 0 saturated heterocycles. The lowest BCUT2D eigenvalue weighted by Gasteiger charge is -2.19. The zero-order valence-corrected chi connectivity index (χ0v) is 18.9. The minimum atomic E-state index is -3.54. The molecule has 0 spiro atoms. The molecule has 4 rings (SSSR count). The summed E-state index contributed by atoms with van der Waals surface area (Å²) >= 11 is 0. The Morgan fingerprint density at radius 2 is 1.48 bits per heavy atom. The van der Waals surface area contributed by atoms with Crippen molar-refractivity contribution in [3.63, 3.8) is 0 Å². The summed E-state index contributed by atoms with van der Waals surface area (Å²) in [6.07, 6.45) is 2.28. The Balaban J connectivity index is 1.49. The predicted molar refractivity (Wildman–Crippen MR) is 126 cm³/mol. The second kappa shape index (κ2) is 10.0. The first-order valence-corrected chi connectivity index (χ1v) is 12.6. The van der Waals surface area contributed by atoms with Crippen LogP contribution in [0.5, 0.6) is 0 Å². The van der Waals surface area contributed by atoms with Gasteiger partial charge in [-0.15, -0.1) is 0 Å². The minimum Gasteiger partial charge on any atom is -0.352 e. The second-order valence-electron chi connectivity index (χ2n) is 8.27. The Morgan fingerprint density at radius 1 is 0.848 bits per heavy atom. The van der Waals surface area contributed by atoms with E-state index in [0.29, 0.717) is 17.5 Å². The zero-order chi connectivity index (χ0) is 23.3. The topological polar surface area (TPSA) is 92.3 Å². The third-order valence-corrected chi connectivity index (χ3v) is 7.18. The summed E-state index contributed by atoms with van der Waals surface area (Å²) in [7, 11) is -3.54. The number of hydrogen-bond acceptors (Lipinski definition) is 4. The molecule has 0 aliphatic heterocycles. The Bertz CT molecular complexity index is 1220. The number of benzene rings is 3. The average Bonchev–Trinajstić information content (AvgIpc) is 3.64. The van der Waals surface area contributed by atoms with Crippen molar-refractivity contribution in [2.45, 2.75) is 42.0 Å². The maximum Gasteiger partial charge on any atom is 0.251 e. The Morgan fingerprint density at radius 3 is 2.15 bits per heavy atom. The highest BCUT2D eigenvalue weighted by Crippen LogP contribution is 2.20. The van der Waals surface area contributed by atoms with Crippen LogP contribution in [0, 0.1) is 0 Å². The average molecular weight is 463 g/mol. The van der Waals surface area contributed by atoms with Gasteiger partial charge < -0.3 is 10.6 Å². The van der Waals surface area contributed by atoms with Gasteiger partial charge in [-0.25, -0.2) is 8.42 Å². The summed E-state index contributed by atoms with van der Waals surface area (Å²) < 4.78 is 25.4. The monoisotopic (exact) mass is 462 g/mol. The fraction of sp³-hybridized carbons (Fsp3) is 0.231. The number of amides is 2. The van der Waals surface area contributed by atoms with E-state index in [-0.39, 0.29) is 22.6 Å². The largest absolute Gasteiger partial charge is 0.352 e. The van der Waals surface area contributed by atoms with Crippen LogP contribution in [0.1, 0.15) is 34.3 Å². The molecule has 2 N–H and O–H groups in total. The Kier molecular flexibility index (Phi) is 6.89. The van der Waals surface area contributed by atoms with Crippen LogP contribution in [-0.2, 0) is 26.8 Å². The van der Waals surface area contributed by atoms with Crippen molar-refractivity contribution in [1.82, 2.24) is 10.6 Å². The number of carbonyl (C=O) groups is 2. The van der Waals surface area contributed by atoms with Crippen molar-refractivity contribution >= 4 is 21.7 Å². The number of nitrogens with one attached hydrogen (secondary N) is 2. The fourth-order valence-electron chi connectivity index (χ4n) is 3.56. The van der Waals surface area contributed by atoms with Crippen molar-refractivity contribution in [3.8, 4) is 0 Å². The molecule has 1 unspecified atom stereocenters. The summed E-state index contributed by atoms with van der Waals surface area (Å²) in [6.45, 7) is 0. The van der Waals surface area contributed by atoms with Crippen LogP contribution >= 0.6 is 0 Å². The highest BCUT2D eigenvalue weighted by atomic mass is 32.2. The fourth-order valence-corrected chi connectivity index (χ4v) is 4.92. The van der Waals surface area contributed by atoms with Gasteiger partial charge >= 0.3 is 0 Å². The first-order chi connectivity index (χ1) is 15.9. The standard InChI is InChI=1S/C26H26N2O4S/c29-25(28-24(26(30)27-22-14-15-22)17-19-8-3-1-4-9-19)21-11-7-10-20(16-21)18-33(31,32)23-12-5-2-6-13-23/h1-13,16,22,24H,14-15,17-18H2,(H,27,30)(H,28,29).